The van der Waals surface area contributed by atoms with Gasteiger partial charge in [-0.3, -0.25) is 25.0 Å². The molecular formula is C29H29N3O7. The van der Waals surface area contributed by atoms with Crippen LogP contribution in [0.5, 0.6) is 11.5 Å². The number of anilines is 1. The zero-order valence-electron chi connectivity index (χ0n) is 21.8. The molecule has 4 amide bonds. The molecule has 2 aromatic rings. The van der Waals surface area contributed by atoms with Gasteiger partial charge in [-0.15, -0.1) is 0 Å². The number of benzene rings is 2. The van der Waals surface area contributed by atoms with Crippen LogP contribution in [0.1, 0.15) is 49.7 Å². The molecule has 10 nitrogen and oxygen atoms in total. The number of nitrogens with one attached hydrogen (secondary N) is 1. The quantitative estimate of drug-likeness (QED) is 0.247. The number of rotatable bonds is 6. The van der Waals surface area contributed by atoms with Gasteiger partial charge in [0.05, 0.1) is 36.5 Å². The molecule has 5 fully saturated rings. The molecule has 4 aliphatic carbocycles. The molecule has 1 heterocycles. The van der Waals surface area contributed by atoms with Crippen molar-refractivity contribution < 1.29 is 28.8 Å². The predicted octanol–water partition coefficient (Wildman–Crippen LogP) is 4.75. The van der Waals surface area contributed by atoms with Crippen LogP contribution in [-0.2, 0) is 15.0 Å². The molecule has 2 aromatic carbocycles. The molecule has 1 aliphatic heterocycles. The largest absolute Gasteiger partial charge is 0.493 e. The van der Waals surface area contributed by atoms with Crippen molar-refractivity contribution in [2.75, 3.05) is 19.1 Å². The molecule has 0 radical (unpaired) electrons. The van der Waals surface area contributed by atoms with Crippen molar-refractivity contribution in [3.8, 4) is 11.5 Å². The van der Waals surface area contributed by atoms with Gasteiger partial charge in [-0.2, -0.15) is 0 Å². The summed E-state index contributed by atoms with van der Waals surface area (Å²) in [6.45, 7) is 0. The molecule has 0 atom stereocenters. The standard InChI is InChI=1S/C29H29N3O7/c1-38-24-11-19(23(32(36)37)12-25(24)39-2)10-22-26(33)30-28(35)31(27(22)34)21-5-3-20(4-6-21)29-13-16-7-17(14-29)9-18(8-16)15-29/h3-6,10-12,16-18H,7-9,13-15H2,1-2H3,(H,30,33,35)/b22-10+. The van der Waals surface area contributed by atoms with Crippen LogP contribution in [0, 0.1) is 27.9 Å². The first kappa shape index (κ1) is 25.1. The fourth-order valence-electron chi connectivity index (χ4n) is 7.63. The third-order valence-corrected chi connectivity index (χ3v) is 8.91. The third-order valence-electron chi connectivity index (χ3n) is 8.91. The number of nitro benzene ring substituents is 1. The van der Waals surface area contributed by atoms with Gasteiger partial charge in [0.15, 0.2) is 11.5 Å². The first-order chi connectivity index (χ1) is 18.7. The van der Waals surface area contributed by atoms with Crippen LogP contribution >= 0.6 is 0 Å². The molecule has 5 aliphatic rings. The molecule has 1 N–H and O–H groups in total. The third kappa shape index (κ3) is 4.14. The lowest BCUT2D eigenvalue weighted by Gasteiger charge is -2.57. The zero-order valence-corrected chi connectivity index (χ0v) is 21.8. The summed E-state index contributed by atoms with van der Waals surface area (Å²) in [5, 5.41) is 13.9. The van der Waals surface area contributed by atoms with E-state index in [2.05, 4.69) is 5.32 Å². The average Bonchev–Trinajstić information content (AvgIpc) is 2.90. The Morgan fingerprint density at radius 2 is 1.51 bits per heavy atom. The topological polar surface area (TPSA) is 128 Å². The SMILES string of the molecule is COc1cc(/C=C2\C(=O)NC(=O)N(c3ccc(C45CC6CC(CC(C6)C4)C5)cc3)C2=O)c([N+](=O)[O-])cc1OC. The summed E-state index contributed by atoms with van der Waals surface area (Å²) in [5.74, 6) is 0.860. The van der Waals surface area contributed by atoms with Gasteiger partial charge in [-0.05, 0) is 91.5 Å². The van der Waals surface area contributed by atoms with Gasteiger partial charge in [-0.25, -0.2) is 9.69 Å². The molecule has 4 bridgehead atoms. The smallest absolute Gasteiger partial charge is 0.335 e. The van der Waals surface area contributed by atoms with Crippen molar-refractivity contribution in [2.24, 2.45) is 17.8 Å². The van der Waals surface area contributed by atoms with Crippen molar-refractivity contribution in [1.82, 2.24) is 5.32 Å². The maximum Gasteiger partial charge on any atom is 0.335 e. The Morgan fingerprint density at radius 1 is 0.949 bits per heavy atom. The molecule has 4 saturated carbocycles. The highest BCUT2D eigenvalue weighted by atomic mass is 16.6. The van der Waals surface area contributed by atoms with Crippen LogP contribution in [0.25, 0.3) is 6.08 Å². The second kappa shape index (κ2) is 9.21. The number of carbonyl (C=O) groups is 3. The Morgan fingerprint density at radius 3 is 2.05 bits per heavy atom. The summed E-state index contributed by atoms with van der Waals surface area (Å²) in [5.41, 5.74) is 0.894. The Balaban J connectivity index is 1.33. The average molecular weight is 532 g/mol. The van der Waals surface area contributed by atoms with Gasteiger partial charge in [0, 0.05) is 0 Å². The fraction of sp³-hybridized carbons (Fsp3) is 0.414. The molecule has 7 rings (SSSR count). The number of methoxy groups -OCH3 is 2. The summed E-state index contributed by atoms with van der Waals surface area (Å²) >= 11 is 0. The number of carbonyl (C=O) groups excluding carboxylic acids is 3. The zero-order chi connectivity index (χ0) is 27.5. The van der Waals surface area contributed by atoms with Crippen molar-refractivity contribution in [3.63, 3.8) is 0 Å². The van der Waals surface area contributed by atoms with Crippen LogP contribution in [0.4, 0.5) is 16.2 Å². The van der Waals surface area contributed by atoms with Crippen LogP contribution in [0.2, 0.25) is 0 Å². The van der Waals surface area contributed by atoms with Crippen LogP contribution < -0.4 is 19.7 Å². The number of nitro groups is 1. The number of hydrogen-bond donors (Lipinski definition) is 1. The molecule has 0 aromatic heterocycles. The molecule has 202 valence electrons. The summed E-state index contributed by atoms with van der Waals surface area (Å²) in [6, 6.07) is 9.10. The van der Waals surface area contributed by atoms with E-state index in [1.165, 1.54) is 64.4 Å². The van der Waals surface area contributed by atoms with E-state index in [1.54, 1.807) is 12.1 Å². The van der Waals surface area contributed by atoms with E-state index in [1.807, 2.05) is 12.1 Å². The molecule has 0 unspecified atom stereocenters. The fourth-order valence-corrected chi connectivity index (χ4v) is 7.63. The number of nitrogens with zero attached hydrogens (tertiary/aromatic N) is 2. The van der Waals surface area contributed by atoms with Crippen LogP contribution in [0.3, 0.4) is 0 Å². The minimum atomic E-state index is -0.935. The maximum atomic E-state index is 13.5. The Bertz CT molecular complexity index is 1390. The summed E-state index contributed by atoms with van der Waals surface area (Å²) in [6.07, 6.45) is 8.66. The Labute approximate surface area is 225 Å². The monoisotopic (exact) mass is 531 g/mol. The van der Waals surface area contributed by atoms with E-state index in [4.69, 9.17) is 9.47 Å². The van der Waals surface area contributed by atoms with E-state index >= 15 is 0 Å². The highest BCUT2D eigenvalue weighted by Crippen LogP contribution is 2.60. The highest BCUT2D eigenvalue weighted by Gasteiger charge is 2.51. The second-order valence-electron chi connectivity index (χ2n) is 11.2. The lowest BCUT2D eigenvalue weighted by molar-refractivity contribution is -0.385. The lowest BCUT2D eigenvalue weighted by Crippen LogP contribution is -2.54. The first-order valence-electron chi connectivity index (χ1n) is 13.1. The number of ether oxygens (including phenoxy) is 2. The van der Waals surface area contributed by atoms with Gasteiger partial charge in [0.1, 0.15) is 5.57 Å². The van der Waals surface area contributed by atoms with Gasteiger partial charge in [0.2, 0.25) is 0 Å². The number of imide groups is 2. The van der Waals surface area contributed by atoms with Crippen molar-refractivity contribution in [2.45, 2.75) is 43.9 Å². The summed E-state index contributed by atoms with van der Waals surface area (Å²) < 4.78 is 10.4. The van der Waals surface area contributed by atoms with Gasteiger partial charge in [0.25, 0.3) is 17.5 Å². The minimum Gasteiger partial charge on any atom is -0.493 e. The van der Waals surface area contributed by atoms with E-state index < -0.39 is 28.3 Å². The van der Waals surface area contributed by atoms with E-state index in [0.29, 0.717) is 5.69 Å². The van der Waals surface area contributed by atoms with E-state index in [9.17, 15) is 24.5 Å². The Hall–Kier alpha value is -4.21. The maximum absolute atomic E-state index is 13.5. The van der Waals surface area contributed by atoms with E-state index in [-0.39, 0.29) is 28.2 Å². The number of amides is 4. The van der Waals surface area contributed by atoms with Gasteiger partial charge < -0.3 is 9.47 Å². The summed E-state index contributed by atoms with van der Waals surface area (Å²) in [7, 11) is 2.71. The highest BCUT2D eigenvalue weighted by molar-refractivity contribution is 6.39. The van der Waals surface area contributed by atoms with Crippen molar-refractivity contribution in [1.29, 1.82) is 0 Å². The van der Waals surface area contributed by atoms with Crippen molar-refractivity contribution in [3.05, 3.63) is 63.2 Å². The predicted molar refractivity (Wildman–Crippen MR) is 141 cm³/mol. The first-order valence-corrected chi connectivity index (χ1v) is 13.1. The lowest BCUT2D eigenvalue weighted by atomic mass is 9.48. The summed E-state index contributed by atoms with van der Waals surface area (Å²) in [4.78, 5) is 50.9. The molecule has 10 heteroatoms. The number of urea groups is 1. The second-order valence-corrected chi connectivity index (χ2v) is 11.2. The normalized spacial score (nSPS) is 28.6. The van der Waals surface area contributed by atoms with Crippen LogP contribution in [0.15, 0.2) is 42.0 Å². The van der Waals surface area contributed by atoms with Gasteiger partial charge in [-0.1, -0.05) is 12.1 Å². The molecule has 0 spiro atoms. The van der Waals surface area contributed by atoms with Gasteiger partial charge >= 0.3 is 6.03 Å². The van der Waals surface area contributed by atoms with Crippen LogP contribution in [-0.4, -0.2) is 37.0 Å². The Kier molecular flexibility index (Phi) is 5.93. The number of hydrogen-bond acceptors (Lipinski definition) is 7. The molecular weight excluding hydrogens is 502 g/mol. The number of barbiturate groups is 1. The molecule has 39 heavy (non-hydrogen) atoms. The van der Waals surface area contributed by atoms with Crippen molar-refractivity contribution >= 4 is 35.3 Å². The van der Waals surface area contributed by atoms with E-state index in [0.717, 1.165) is 34.8 Å². The molecule has 1 saturated heterocycles. The minimum absolute atomic E-state index is 0.0392.